The fourth-order valence-electron chi connectivity index (χ4n) is 11.3. The standard InChI is InChI=1S/C75H146O17P2/c1-9-68(8)54-46-38-33-34-40-48-56-73(78)86-62-71(92-75(80)58-50-42-32-26-18-14-16-22-28-36-44-52-66(4)5)64-90-94(83,84)88-60-69(76)59-87-93(81,82)89-63-70(61-85-72(77)55-47-39-30-24-20-19-23-29-37-45-53-67(6)7)91-74(79)57-49-41-31-25-17-13-11-10-12-15-21-27-35-43-51-65(2)3/h65-71,76H,9-64H2,1-8H3,(H,81,82)(H,83,84)/t68?,69-,70-,71-/m1/s1. The molecule has 0 aliphatic heterocycles. The van der Waals surface area contributed by atoms with Crippen molar-refractivity contribution in [2.24, 2.45) is 23.7 Å². The summed E-state index contributed by atoms with van der Waals surface area (Å²) in [5.41, 5.74) is 0. The fraction of sp³-hybridized carbons (Fsp3) is 0.947. The van der Waals surface area contributed by atoms with Crippen LogP contribution in [0.4, 0.5) is 0 Å². The molecule has 0 spiro atoms. The van der Waals surface area contributed by atoms with Gasteiger partial charge in [-0.25, -0.2) is 9.13 Å². The maximum atomic E-state index is 13.1. The molecular formula is C75H146O17P2. The number of rotatable bonds is 72. The first kappa shape index (κ1) is 92.1. The molecule has 0 aromatic heterocycles. The zero-order valence-corrected chi connectivity index (χ0v) is 63.4. The third-order valence-corrected chi connectivity index (χ3v) is 19.6. The molecule has 94 heavy (non-hydrogen) atoms. The van der Waals surface area contributed by atoms with Crippen LogP contribution in [0.25, 0.3) is 0 Å². The van der Waals surface area contributed by atoms with E-state index >= 15 is 0 Å². The lowest BCUT2D eigenvalue weighted by Gasteiger charge is -2.21. The molecule has 0 heterocycles. The van der Waals surface area contributed by atoms with Gasteiger partial charge in [0.1, 0.15) is 19.3 Å². The average molecular weight is 1380 g/mol. The predicted molar refractivity (Wildman–Crippen MR) is 381 cm³/mol. The van der Waals surface area contributed by atoms with Crippen LogP contribution in [0.1, 0.15) is 376 Å². The van der Waals surface area contributed by atoms with E-state index in [0.717, 1.165) is 120 Å². The Labute approximate surface area is 575 Å². The van der Waals surface area contributed by atoms with Crippen molar-refractivity contribution >= 4 is 39.5 Å². The number of aliphatic hydroxyl groups is 1. The monoisotopic (exact) mass is 1380 g/mol. The van der Waals surface area contributed by atoms with Gasteiger partial charge in [-0.1, -0.05) is 325 Å². The van der Waals surface area contributed by atoms with E-state index in [1.807, 2.05) is 0 Å². The van der Waals surface area contributed by atoms with Crippen molar-refractivity contribution < 1.29 is 80.2 Å². The minimum atomic E-state index is -4.96. The normalized spacial score (nSPS) is 14.4. The molecule has 19 heteroatoms. The summed E-state index contributed by atoms with van der Waals surface area (Å²) >= 11 is 0. The number of aliphatic hydroxyl groups excluding tert-OH is 1. The third-order valence-electron chi connectivity index (χ3n) is 17.7. The number of unbranched alkanes of at least 4 members (excludes halogenated alkanes) is 37. The second kappa shape index (κ2) is 64.4. The number of phosphoric acid groups is 2. The molecule has 0 aliphatic carbocycles. The predicted octanol–water partition coefficient (Wildman–Crippen LogP) is 21.7. The quantitative estimate of drug-likeness (QED) is 0.0222. The van der Waals surface area contributed by atoms with Gasteiger partial charge in [0.15, 0.2) is 12.2 Å². The molecular weight excluding hydrogens is 1230 g/mol. The van der Waals surface area contributed by atoms with Crippen molar-refractivity contribution in [1.29, 1.82) is 0 Å². The summed E-state index contributed by atoms with van der Waals surface area (Å²) < 4.78 is 68.5. The largest absolute Gasteiger partial charge is 0.472 e. The molecule has 0 aromatic carbocycles. The molecule has 0 bridgehead atoms. The smallest absolute Gasteiger partial charge is 0.462 e. The third kappa shape index (κ3) is 67.3. The number of carbonyl (C=O) groups is 4. The highest BCUT2D eigenvalue weighted by molar-refractivity contribution is 7.47. The van der Waals surface area contributed by atoms with E-state index < -0.39 is 97.5 Å². The highest BCUT2D eigenvalue weighted by Crippen LogP contribution is 2.45. The second-order valence-corrected chi connectivity index (χ2v) is 31.6. The number of hydrogen-bond donors (Lipinski definition) is 3. The van der Waals surface area contributed by atoms with Crippen LogP contribution in [0.3, 0.4) is 0 Å². The summed E-state index contributed by atoms with van der Waals surface area (Å²) in [5, 5.41) is 10.6. The molecule has 0 aliphatic rings. The molecule has 0 saturated heterocycles. The van der Waals surface area contributed by atoms with E-state index in [9.17, 15) is 43.2 Å². The number of esters is 4. The van der Waals surface area contributed by atoms with E-state index in [0.29, 0.717) is 25.7 Å². The lowest BCUT2D eigenvalue weighted by atomic mass is 10.00. The number of hydrogen-bond acceptors (Lipinski definition) is 15. The molecule has 0 aromatic rings. The van der Waals surface area contributed by atoms with Crippen molar-refractivity contribution in [3.05, 3.63) is 0 Å². The van der Waals surface area contributed by atoms with Crippen LogP contribution in [0.15, 0.2) is 0 Å². The minimum absolute atomic E-state index is 0.105. The van der Waals surface area contributed by atoms with Gasteiger partial charge in [-0.15, -0.1) is 0 Å². The highest BCUT2D eigenvalue weighted by atomic mass is 31.2. The lowest BCUT2D eigenvalue weighted by Crippen LogP contribution is -2.30. The topological polar surface area (TPSA) is 237 Å². The van der Waals surface area contributed by atoms with Gasteiger partial charge in [0.05, 0.1) is 26.4 Å². The summed E-state index contributed by atoms with van der Waals surface area (Å²) in [6, 6.07) is 0. The summed E-state index contributed by atoms with van der Waals surface area (Å²) in [4.78, 5) is 72.8. The van der Waals surface area contributed by atoms with E-state index in [4.69, 9.17) is 37.0 Å². The van der Waals surface area contributed by atoms with Crippen molar-refractivity contribution in [2.75, 3.05) is 39.6 Å². The Morgan fingerprint density at radius 2 is 0.511 bits per heavy atom. The Kier molecular flexibility index (Phi) is 63.1. The van der Waals surface area contributed by atoms with Gasteiger partial charge in [-0.2, -0.15) is 0 Å². The molecule has 17 nitrogen and oxygen atoms in total. The van der Waals surface area contributed by atoms with Crippen molar-refractivity contribution in [1.82, 2.24) is 0 Å². The van der Waals surface area contributed by atoms with Crippen LogP contribution in [-0.2, 0) is 65.4 Å². The summed E-state index contributed by atoms with van der Waals surface area (Å²) in [6.07, 6.45) is 48.5. The summed E-state index contributed by atoms with van der Waals surface area (Å²) in [6.45, 7) is 14.2. The van der Waals surface area contributed by atoms with Crippen LogP contribution in [0.5, 0.6) is 0 Å². The Balaban J connectivity index is 5.26. The fourth-order valence-corrected chi connectivity index (χ4v) is 12.9. The Bertz CT molecular complexity index is 1850. The molecule has 0 amide bonds. The summed E-state index contributed by atoms with van der Waals surface area (Å²) in [7, 11) is -9.91. The second-order valence-electron chi connectivity index (χ2n) is 28.7. The lowest BCUT2D eigenvalue weighted by molar-refractivity contribution is -0.161. The van der Waals surface area contributed by atoms with Crippen molar-refractivity contribution in [3.8, 4) is 0 Å². The highest BCUT2D eigenvalue weighted by Gasteiger charge is 2.30. The number of ether oxygens (including phenoxy) is 4. The van der Waals surface area contributed by atoms with Gasteiger partial charge in [0.2, 0.25) is 0 Å². The number of phosphoric ester groups is 2. The molecule has 3 unspecified atom stereocenters. The maximum Gasteiger partial charge on any atom is 0.472 e. The van der Waals surface area contributed by atoms with Crippen molar-refractivity contribution in [2.45, 2.75) is 395 Å². The van der Waals surface area contributed by atoms with Crippen molar-refractivity contribution in [3.63, 3.8) is 0 Å². The zero-order valence-electron chi connectivity index (χ0n) is 61.6. The molecule has 0 fully saturated rings. The number of carbonyl (C=O) groups excluding carboxylic acids is 4. The Morgan fingerprint density at radius 1 is 0.298 bits per heavy atom. The van der Waals surface area contributed by atoms with Gasteiger partial charge >= 0.3 is 39.5 Å². The molecule has 3 N–H and O–H groups in total. The van der Waals surface area contributed by atoms with Crippen LogP contribution in [-0.4, -0.2) is 96.7 Å². The molecule has 0 saturated carbocycles. The molecule has 0 radical (unpaired) electrons. The van der Waals surface area contributed by atoms with Crippen LogP contribution < -0.4 is 0 Å². The molecule has 6 atom stereocenters. The zero-order chi connectivity index (χ0) is 69.6. The Morgan fingerprint density at radius 3 is 0.755 bits per heavy atom. The van der Waals surface area contributed by atoms with Gasteiger partial charge in [0, 0.05) is 25.7 Å². The summed E-state index contributed by atoms with van der Waals surface area (Å²) in [5.74, 6) is 0.927. The first-order chi connectivity index (χ1) is 45.1. The van der Waals surface area contributed by atoms with Gasteiger partial charge < -0.3 is 33.8 Å². The molecule has 558 valence electrons. The van der Waals surface area contributed by atoms with E-state index in [-0.39, 0.29) is 25.7 Å². The van der Waals surface area contributed by atoms with Gasteiger partial charge in [-0.3, -0.25) is 37.3 Å². The minimum Gasteiger partial charge on any atom is -0.462 e. The SMILES string of the molecule is CCC(C)CCCCCCCCC(=O)OC[C@H](COP(=O)(O)OC[C@H](O)COP(=O)(O)OC[C@@H](COC(=O)CCCCCCCCCCCCC(C)C)OC(=O)CCCCCCCCCCCCCCCCC(C)C)OC(=O)CCCCCCCCCCCCCC(C)C. The van der Waals surface area contributed by atoms with Gasteiger partial charge in [0.25, 0.3) is 0 Å². The molecule has 0 rings (SSSR count). The Hall–Kier alpha value is -1.94. The first-order valence-electron chi connectivity index (χ1n) is 38.7. The first-order valence-corrected chi connectivity index (χ1v) is 41.7. The van der Waals surface area contributed by atoms with E-state index in [1.54, 1.807) is 0 Å². The van der Waals surface area contributed by atoms with Gasteiger partial charge in [-0.05, 0) is 49.4 Å². The van der Waals surface area contributed by atoms with Crippen LogP contribution in [0, 0.1) is 23.7 Å². The van der Waals surface area contributed by atoms with Crippen LogP contribution >= 0.6 is 15.6 Å². The average Bonchev–Trinajstić information content (AvgIpc) is 1.83. The van der Waals surface area contributed by atoms with E-state index in [1.165, 1.54) is 173 Å². The van der Waals surface area contributed by atoms with E-state index in [2.05, 4.69) is 55.4 Å². The maximum absolute atomic E-state index is 13.1. The van der Waals surface area contributed by atoms with Crippen LogP contribution in [0.2, 0.25) is 0 Å².